The Balaban J connectivity index is 1.34. The normalized spacial score (nSPS) is 22.3. The Morgan fingerprint density at radius 2 is 2.02 bits per heavy atom. The van der Waals surface area contributed by atoms with Crippen molar-refractivity contribution in [3.63, 3.8) is 0 Å². The van der Waals surface area contributed by atoms with Crippen molar-refractivity contribution in [1.82, 2.24) is 19.8 Å². The van der Waals surface area contributed by atoms with Crippen LogP contribution in [0.3, 0.4) is 0 Å². The van der Waals surface area contributed by atoms with Gasteiger partial charge in [-0.15, -0.1) is 0 Å². The molecule has 11 heteroatoms. The number of nitrogens with zero attached hydrogens (tertiary/aromatic N) is 6. The first kappa shape index (κ1) is 29.3. The first-order valence-corrected chi connectivity index (χ1v) is 15.0. The summed E-state index contributed by atoms with van der Waals surface area (Å²) in [6.07, 6.45) is 2.41. The van der Waals surface area contributed by atoms with Crippen molar-refractivity contribution in [3.8, 4) is 6.01 Å². The van der Waals surface area contributed by atoms with Crippen LogP contribution in [-0.4, -0.2) is 84.1 Å². The molecule has 0 radical (unpaired) electrons. The first-order valence-electron chi connectivity index (χ1n) is 14.6. The van der Waals surface area contributed by atoms with Gasteiger partial charge in [0.1, 0.15) is 18.5 Å². The number of amides is 1. The summed E-state index contributed by atoms with van der Waals surface area (Å²) in [4.78, 5) is 31.5. The van der Waals surface area contributed by atoms with Crippen LogP contribution in [0.5, 0.6) is 6.01 Å². The Morgan fingerprint density at radius 1 is 1.21 bits per heavy atom. The molecule has 3 aliphatic rings. The second-order valence-corrected chi connectivity index (χ2v) is 11.8. The summed E-state index contributed by atoms with van der Waals surface area (Å²) in [7, 11) is 2.10. The van der Waals surface area contributed by atoms with E-state index in [1.165, 1.54) is 4.90 Å². The largest absolute Gasteiger partial charge is 0.462 e. The molecule has 0 aliphatic carbocycles. The number of carbonyl (C=O) groups is 1. The molecule has 0 N–H and O–H groups in total. The van der Waals surface area contributed by atoms with Crippen molar-refractivity contribution in [2.45, 2.75) is 44.1 Å². The number of benzene rings is 2. The van der Waals surface area contributed by atoms with E-state index in [9.17, 15) is 9.18 Å². The Labute approximate surface area is 255 Å². The number of likely N-dealkylation sites (N-methyl/N-ethyl adjacent to an activating group) is 1. The highest BCUT2D eigenvalue weighted by Gasteiger charge is 2.37. The number of hydrogen-bond acceptors (Lipinski definition) is 7. The minimum absolute atomic E-state index is 0.0422. The number of carbonyl (C=O) groups excluding carboxylic acids is 1. The van der Waals surface area contributed by atoms with Gasteiger partial charge in [-0.25, -0.2) is 11.0 Å². The van der Waals surface area contributed by atoms with E-state index in [1.807, 2.05) is 41.3 Å². The topological polar surface area (TPSA) is 75.4 Å². The second kappa shape index (κ2) is 12.4. The Bertz CT molecular complexity index is 1590. The zero-order valence-electron chi connectivity index (χ0n) is 24.1. The maximum atomic E-state index is 13.8. The number of ether oxygens (including phenoxy) is 2. The molecule has 2 saturated heterocycles. The SMILES string of the molecule is [C-]#[N+]C[C@H]1CN(c2nc(OC[C@@H]3CCCN3C)nc3c2COC(c2cccc4cccc(Cl)c24)C3)CCN1C(=O)C(=C)F. The average Bonchev–Trinajstić information content (AvgIpc) is 3.43. The van der Waals surface area contributed by atoms with E-state index in [4.69, 9.17) is 37.6 Å². The third-order valence-corrected chi connectivity index (χ3v) is 9.06. The fourth-order valence-electron chi connectivity index (χ4n) is 6.44. The number of anilines is 1. The zero-order valence-corrected chi connectivity index (χ0v) is 24.9. The molecular weight excluding hydrogens is 571 g/mol. The lowest BCUT2D eigenvalue weighted by Crippen LogP contribution is -2.57. The van der Waals surface area contributed by atoms with Crippen molar-refractivity contribution in [1.29, 1.82) is 0 Å². The number of aromatic nitrogens is 2. The van der Waals surface area contributed by atoms with Crippen molar-refractivity contribution in [3.05, 3.63) is 82.1 Å². The van der Waals surface area contributed by atoms with Crippen molar-refractivity contribution in [2.75, 3.05) is 51.3 Å². The summed E-state index contributed by atoms with van der Waals surface area (Å²) < 4.78 is 26.5. The van der Waals surface area contributed by atoms with Gasteiger partial charge in [0.25, 0.3) is 5.91 Å². The monoisotopic (exact) mass is 604 g/mol. The number of fused-ring (bicyclic) bond motifs is 2. The lowest BCUT2D eigenvalue weighted by molar-refractivity contribution is -0.131. The number of piperazine rings is 1. The van der Waals surface area contributed by atoms with Gasteiger partial charge >= 0.3 is 6.01 Å². The molecule has 9 nitrogen and oxygen atoms in total. The molecule has 3 atom stereocenters. The first-order chi connectivity index (χ1) is 20.8. The molecule has 6 rings (SSSR count). The summed E-state index contributed by atoms with van der Waals surface area (Å²) in [5, 5.41) is 2.68. The second-order valence-electron chi connectivity index (χ2n) is 11.4. The van der Waals surface area contributed by atoms with Crippen molar-refractivity contribution >= 4 is 34.1 Å². The fraction of sp³-hybridized carbons (Fsp3) is 0.438. The summed E-state index contributed by atoms with van der Waals surface area (Å²) in [5.74, 6) is -1.14. The molecule has 3 aromatic rings. The highest BCUT2D eigenvalue weighted by atomic mass is 35.5. The lowest BCUT2D eigenvalue weighted by Gasteiger charge is -2.40. The van der Waals surface area contributed by atoms with Gasteiger partial charge in [-0.05, 0) is 43.5 Å². The molecule has 0 bridgehead atoms. The summed E-state index contributed by atoms with van der Waals surface area (Å²) in [5.41, 5.74) is 2.68. The summed E-state index contributed by atoms with van der Waals surface area (Å²) >= 11 is 6.65. The van der Waals surface area contributed by atoms with Crippen LogP contribution in [0.1, 0.15) is 35.8 Å². The molecule has 3 aliphatic heterocycles. The van der Waals surface area contributed by atoms with Crippen molar-refractivity contribution < 1.29 is 18.7 Å². The van der Waals surface area contributed by atoms with E-state index in [-0.39, 0.29) is 25.8 Å². The van der Waals surface area contributed by atoms with E-state index in [2.05, 4.69) is 23.4 Å². The van der Waals surface area contributed by atoms with E-state index in [0.717, 1.165) is 47.0 Å². The Hall–Kier alpha value is -3.78. The van der Waals surface area contributed by atoms with E-state index < -0.39 is 17.8 Å². The average molecular weight is 605 g/mol. The maximum Gasteiger partial charge on any atom is 0.318 e. The van der Waals surface area contributed by atoms with Crippen LogP contribution in [-0.2, 0) is 22.6 Å². The van der Waals surface area contributed by atoms with Gasteiger partial charge in [-0.3, -0.25) is 4.79 Å². The molecule has 224 valence electrons. The van der Waals surface area contributed by atoms with Crippen molar-refractivity contribution in [2.24, 2.45) is 0 Å². The number of likely N-dealkylation sites (tertiary alicyclic amines) is 1. The molecule has 1 amide bonds. The fourth-order valence-corrected chi connectivity index (χ4v) is 6.73. The predicted octanol–water partition coefficient (Wildman–Crippen LogP) is 4.99. The van der Waals surface area contributed by atoms with Gasteiger partial charge in [0, 0.05) is 48.1 Å². The van der Waals surface area contributed by atoms with E-state index >= 15 is 0 Å². The van der Waals surface area contributed by atoms with E-state index in [1.54, 1.807) is 0 Å². The third-order valence-electron chi connectivity index (χ3n) is 8.74. The molecule has 0 saturated carbocycles. The minimum atomic E-state index is -1.02. The molecule has 0 spiro atoms. The number of rotatable bonds is 7. The van der Waals surface area contributed by atoms with Crippen LogP contribution < -0.4 is 9.64 Å². The maximum absolute atomic E-state index is 13.8. The lowest BCUT2D eigenvalue weighted by atomic mass is 9.94. The Morgan fingerprint density at radius 3 is 2.77 bits per heavy atom. The summed E-state index contributed by atoms with van der Waals surface area (Å²) in [6.45, 7) is 13.4. The smallest absolute Gasteiger partial charge is 0.318 e. The van der Waals surface area contributed by atoms with Gasteiger partial charge in [-0.2, -0.15) is 9.97 Å². The highest BCUT2D eigenvalue weighted by Crippen LogP contribution is 2.39. The molecule has 4 heterocycles. The van der Waals surface area contributed by atoms with E-state index in [0.29, 0.717) is 49.0 Å². The third kappa shape index (κ3) is 5.90. The van der Waals surface area contributed by atoms with Crippen LogP contribution in [0.25, 0.3) is 15.6 Å². The van der Waals surface area contributed by atoms with Gasteiger partial charge in [-0.1, -0.05) is 48.5 Å². The highest BCUT2D eigenvalue weighted by molar-refractivity contribution is 6.35. The molecule has 2 aromatic carbocycles. The van der Waals surface area contributed by atoms with Gasteiger partial charge in [0.05, 0.1) is 18.4 Å². The van der Waals surface area contributed by atoms with Crippen LogP contribution in [0.4, 0.5) is 10.2 Å². The minimum Gasteiger partial charge on any atom is -0.462 e. The van der Waals surface area contributed by atoms with Gasteiger partial charge < -0.3 is 29.0 Å². The van der Waals surface area contributed by atoms with Crippen LogP contribution in [0, 0.1) is 6.57 Å². The zero-order chi connectivity index (χ0) is 30.1. The molecule has 1 aromatic heterocycles. The number of halogens is 2. The number of hydrogen-bond donors (Lipinski definition) is 0. The van der Waals surface area contributed by atoms with Gasteiger partial charge in [0.15, 0.2) is 5.83 Å². The standard InChI is InChI=1S/C32H34ClFN6O3/c1-20(34)31(41)40-14-13-39(17-23(40)16-35-2)30-25-19-42-28(24-10-4-7-21-8-5-11-26(33)29(21)24)15-27(25)36-32(37-30)43-18-22-9-6-12-38(22)3/h4-5,7-8,10-11,22-23,28H,1,6,9,12-19H2,3H3/t22-,23-,28?/m0/s1. The van der Waals surface area contributed by atoms with Crippen LogP contribution in [0.2, 0.25) is 5.02 Å². The Kier molecular flexibility index (Phi) is 8.48. The quantitative estimate of drug-likeness (QED) is 0.278. The van der Waals surface area contributed by atoms with Crippen LogP contribution >= 0.6 is 11.6 Å². The predicted molar refractivity (Wildman–Crippen MR) is 163 cm³/mol. The summed E-state index contributed by atoms with van der Waals surface area (Å²) in [6, 6.07) is 12.0. The van der Waals surface area contributed by atoms with Gasteiger partial charge in [0.2, 0.25) is 6.54 Å². The molecule has 2 fully saturated rings. The molecule has 1 unspecified atom stereocenters. The van der Waals surface area contributed by atoms with Crippen LogP contribution in [0.15, 0.2) is 48.8 Å². The molecular formula is C32H34ClFN6O3. The molecule has 43 heavy (non-hydrogen) atoms.